The van der Waals surface area contributed by atoms with E-state index in [9.17, 15) is 14.7 Å². The number of hydrogen-bond donors (Lipinski definition) is 1. The molecule has 11 heteroatoms. The standard InChI is InChI=1S/C22H23BrFN3O5S/c1-3-33-20-25-17-14(12-8-32-9-13(12)15(23)16(17)24)18(26-20)22(19(28)31-2)10-4-5-11(22)7-27(6-10)21(29)30/h10-11H,3-9H2,1-2H3,(H,29,30). The van der Waals surface area contributed by atoms with Crippen LogP contribution in [0.4, 0.5) is 9.18 Å². The number of methoxy groups -OCH3 is 1. The molecule has 1 aromatic heterocycles. The van der Waals surface area contributed by atoms with Gasteiger partial charge in [0.25, 0.3) is 0 Å². The number of likely N-dealkylation sites (tertiary alicyclic amines) is 1. The number of esters is 1. The van der Waals surface area contributed by atoms with Crippen LogP contribution in [-0.2, 0) is 32.9 Å². The van der Waals surface area contributed by atoms with E-state index in [4.69, 9.17) is 14.5 Å². The van der Waals surface area contributed by atoms with Gasteiger partial charge >= 0.3 is 12.1 Å². The van der Waals surface area contributed by atoms with Gasteiger partial charge in [0, 0.05) is 24.0 Å². The van der Waals surface area contributed by atoms with Crippen LogP contribution in [0.1, 0.15) is 36.6 Å². The summed E-state index contributed by atoms with van der Waals surface area (Å²) in [4.78, 5) is 36.1. The van der Waals surface area contributed by atoms with Crippen LogP contribution in [0, 0.1) is 17.7 Å². The van der Waals surface area contributed by atoms with Gasteiger partial charge < -0.3 is 19.5 Å². The van der Waals surface area contributed by atoms with Crippen molar-refractivity contribution in [3.05, 3.63) is 27.1 Å². The highest BCUT2D eigenvalue weighted by Gasteiger charge is 2.63. The van der Waals surface area contributed by atoms with Crippen molar-refractivity contribution in [1.82, 2.24) is 14.9 Å². The van der Waals surface area contributed by atoms with Crippen molar-refractivity contribution >= 4 is 50.7 Å². The van der Waals surface area contributed by atoms with Crippen molar-refractivity contribution in [3.63, 3.8) is 0 Å². The molecule has 33 heavy (non-hydrogen) atoms. The topological polar surface area (TPSA) is 102 Å². The summed E-state index contributed by atoms with van der Waals surface area (Å²) in [6.45, 7) is 2.85. The SMILES string of the molecule is CCSc1nc(C2(C(=O)OC)C3CCC2CN(C(=O)O)C3)c2c3c(c(Br)c(F)c2n1)COC3. The Labute approximate surface area is 202 Å². The Bertz CT molecular complexity index is 1160. The number of fused-ring (bicyclic) bond motifs is 5. The molecule has 3 heterocycles. The van der Waals surface area contributed by atoms with E-state index < -0.39 is 23.3 Å². The molecule has 1 saturated carbocycles. The molecule has 2 fully saturated rings. The quantitative estimate of drug-likeness (QED) is 0.352. The minimum atomic E-state index is -1.18. The van der Waals surface area contributed by atoms with Crippen LogP contribution in [0.15, 0.2) is 9.63 Å². The first kappa shape index (κ1) is 22.8. The first-order chi connectivity index (χ1) is 15.8. The number of halogens is 2. The summed E-state index contributed by atoms with van der Waals surface area (Å²) in [5.74, 6) is -0.953. The minimum Gasteiger partial charge on any atom is -0.468 e. The number of hydrogen-bond acceptors (Lipinski definition) is 7. The number of carbonyl (C=O) groups is 2. The van der Waals surface area contributed by atoms with E-state index in [1.54, 1.807) is 0 Å². The normalized spacial score (nSPS) is 26.0. The summed E-state index contributed by atoms with van der Waals surface area (Å²) in [6.07, 6.45) is 0.302. The molecule has 0 spiro atoms. The van der Waals surface area contributed by atoms with Crippen molar-refractivity contribution in [2.75, 3.05) is 26.0 Å². The van der Waals surface area contributed by atoms with Crippen molar-refractivity contribution < 1.29 is 28.6 Å². The molecule has 1 N–H and O–H groups in total. The van der Waals surface area contributed by atoms with Gasteiger partial charge in [0.05, 0.1) is 30.5 Å². The third-order valence-corrected chi connectivity index (χ3v) is 8.76. The second-order valence-corrected chi connectivity index (χ2v) is 10.6. The van der Waals surface area contributed by atoms with Gasteiger partial charge in [0.2, 0.25) is 0 Å². The number of piperidine rings is 1. The van der Waals surface area contributed by atoms with E-state index >= 15 is 4.39 Å². The van der Waals surface area contributed by atoms with Gasteiger partial charge in [0.1, 0.15) is 10.9 Å². The van der Waals surface area contributed by atoms with E-state index in [-0.39, 0.29) is 43.7 Å². The number of carboxylic acid groups (broad SMARTS) is 1. The molecule has 176 valence electrons. The number of ether oxygens (including phenoxy) is 2. The first-order valence-corrected chi connectivity index (χ1v) is 12.6. The molecule has 5 rings (SSSR count). The zero-order chi connectivity index (χ0) is 23.5. The number of rotatable bonds is 4. The largest absolute Gasteiger partial charge is 0.468 e. The molecule has 2 atom stereocenters. The van der Waals surface area contributed by atoms with Crippen molar-refractivity contribution in [3.8, 4) is 0 Å². The molecule has 2 bridgehead atoms. The second-order valence-electron chi connectivity index (χ2n) is 8.61. The lowest BCUT2D eigenvalue weighted by Crippen LogP contribution is -2.58. The highest BCUT2D eigenvalue weighted by atomic mass is 79.9. The molecule has 8 nitrogen and oxygen atoms in total. The van der Waals surface area contributed by atoms with Gasteiger partial charge in [-0.2, -0.15) is 0 Å². The molecule has 3 aliphatic rings. The predicted molar refractivity (Wildman–Crippen MR) is 122 cm³/mol. The Kier molecular flexibility index (Phi) is 5.77. The average Bonchev–Trinajstić information content (AvgIpc) is 3.36. The summed E-state index contributed by atoms with van der Waals surface area (Å²) in [5.41, 5.74) is 0.874. The summed E-state index contributed by atoms with van der Waals surface area (Å²) in [5, 5.41) is 10.5. The zero-order valence-corrected chi connectivity index (χ0v) is 20.6. The zero-order valence-electron chi connectivity index (χ0n) is 18.2. The maximum absolute atomic E-state index is 15.6. The summed E-state index contributed by atoms with van der Waals surface area (Å²) in [7, 11) is 1.34. The molecule has 2 aliphatic heterocycles. The van der Waals surface area contributed by atoms with Crippen molar-refractivity contribution in [2.45, 2.75) is 43.6 Å². The fourth-order valence-corrected chi connectivity index (χ4v) is 6.98. The Balaban J connectivity index is 1.86. The van der Waals surface area contributed by atoms with E-state index in [2.05, 4.69) is 20.9 Å². The van der Waals surface area contributed by atoms with Gasteiger partial charge in [-0.3, -0.25) is 4.79 Å². The number of carbonyl (C=O) groups excluding carboxylic acids is 1. The van der Waals surface area contributed by atoms with Gasteiger partial charge in [-0.15, -0.1) is 0 Å². The fraction of sp³-hybridized carbons (Fsp3) is 0.545. The van der Waals surface area contributed by atoms with Crippen LogP contribution in [0.25, 0.3) is 10.9 Å². The second kappa shape index (κ2) is 8.35. The van der Waals surface area contributed by atoms with Crippen LogP contribution >= 0.6 is 27.7 Å². The van der Waals surface area contributed by atoms with Gasteiger partial charge in [-0.1, -0.05) is 18.7 Å². The molecule has 1 amide bonds. The van der Waals surface area contributed by atoms with Gasteiger partial charge in [0.15, 0.2) is 11.0 Å². The molecule has 0 radical (unpaired) electrons. The highest BCUT2D eigenvalue weighted by Crippen LogP contribution is 2.56. The third kappa shape index (κ3) is 3.19. The summed E-state index contributed by atoms with van der Waals surface area (Å²) in [6, 6.07) is 0. The summed E-state index contributed by atoms with van der Waals surface area (Å²) < 4.78 is 26.9. The van der Waals surface area contributed by atoms with E-state index in [1.165, 1.54) is 23.8 Å². The molecule has 1 aliphatic carbocycles. The Morgan fingerprint density at radius 2 is 1.94 bits per heavy atom. The number of aromatic nitrogens is 2. The molecule has 1 aromatic carbocycles. The molecular formula is C22H23BrFN3O5S. The lowest BCUT2D eigenvalue weighted by Gasteiger charge is -2.45. The molecule has 2 unspecified atom stereocenters. The number of thioether (sulfide) groups is 1. The molecular weight excluding hydrogens is 517 g/mol. The third-order valence-electron chi connectivity index (χ3n) is 7.20. The van der Waals surface area contributed by atoms with E-state index in [0.29, 0.717) is 44.9 Å². The first-order valence-electron chi connectivity index (χ1n) is 10.8. The number of nitrogens with zero attached hydrogens (tertiary/aromatic N) is 3. The fourth-order valence-electron chi connectivity index (χ4n) is 5.87. The number of amides is 1. The highest BCUT2D eigenvalue weighted by molar-refractivity contribution is 9.10. The van der Waals surface area contributed by atoms with Crippen LogP contribution in [-0.4, -0.2) is 58.0 Å². The van der Waals surface area contributed by atoms with Crippen molar-refractivity contribution in [1.29, 1.82) is 0 Å². The maximum Gasteiger partial charge on any atom is 0.407 e. The average molecular weight is 540 g/mol. The molecule has 2 aromatic rings. The summed E-state index contributed by atoms with van der Waals surface area (Å²) >= 11 is 4.74. The lowest BCUT2D eigenvalue weighted by atomic mass is 9.65. The van der Waals surface area contributed by atoms with Crippen LogP contribution in [0.5, 0.6) is 0 Å². The van der Waals surface area contributed by atoms with Crippen LogP contribution < -0.4 is 0 Å². The lowest BCUT2D eigenvalue weighted by molar-refractivity contribution is -0.153. The van der Waals surface area contributed by atoms with E-state index in [1.807, 2.05) is 6.92 Å². The van der Waals surface area contributed by atoms with E-state index in [0.717, 1.165) is 5.56 Å². The Morgan fingerprint density at radius 1 is 1.27 bits per heavy atom. The Morgan fingerprint density at radius 3 is 2.55 bits per heavy atom. The van der Waals surface area contributed by atoms with Crippen LogP contribution in [0.2, 0.25) is 0 Å². The van der Waals surface area contributed by atoms with Gasteiger partial charge in [-0.05, 0) is 51.9 Å². The monoisotopic (exact) mass is 539 g/mol. The number of benzene rings is 1. The van der Waals surface area contributed by atoms with Crippen LogP contribution in [0.3, 0.4) is 0 Å². The smallest absolute Gasteiger partial charge is 0.407 e. The maximum atomic E-state index is 15.6. The van der Waals surface area contributed by atoms with Gasteiger partial charge in [-0.25, -0.2) is 19.2 Å². The molecule has 1 saturated heterocycles. The van der Waals surface area contributed by atoms with Crippen molar-refractivity contribution in [2.24, 2.45) is 11.8 Å². The predicted octanol–water partition coefficient (Wildman–Crippen LogP) is 4.10. The minimum absolute atomic E-state index is 0.149. The Hall–Kier alpha value is -1.98.